The van der Waals surface area contributed by atoms with Gasteiger partial charge in [-0.05, 0) is 22.0 Å². The third-order valence-corrected chi connectivity index (χ3v) is 3.91. The molecule has 0 spiro atoms. The van der Waals surface area contributed by atoms with Gasteiger partial charge in [-0.15, -0.1) is 0 Å². The predicted octanol–water partition coefficient (Wildman–Crippen LogP) is 1.42. The average Bonchev–Trinajstić information content (AvgIpc) is 2.47. The molecule has 0 saturated carbocycles. The van der Waals surface area contributed by atoms with Crippen molar-refractivity contribution >= 4 is 27.5 Å². The molecule has 1 atom stereocenters. The smallest absolute Gasteiger partial charge is 0.270 e. The molecule has 0 aromatic heterocycles. The molecule has 8 heteroatoms. The molecule has 1 aliphatic rings. The number of non-ortho nitro benzene ring substituents is 1. The fraction of sp³-hybridized carbons (Fsp3) is 0.462. The molecular formula is C13H16BrN3O4. The lowest BCUT2D eigenvalue weighted by atomic mass is 10.1. The highest BCUT2D eigenvalue weighted by atomic mass is 79.9. The van der Waals surface area contributed by atoms with E-state index < -0.39 is 4.92 Å². The van der Waals surface area contributed by atoms with Crippen molar-refractivity contribution in [2.75, 3.05) is 33.3 Å². The van der Waals surface area contributed by atoms with E-state index in [0.717, 1.165) is 6.54 Å². The van der Waals surface area contributed by atoms with E-state index in [-0.39, 0.29) is 23.3 Å². The Hall–Kier alpha value is -1.51. The second-order valence-electron chi connectivity index (χ2n) is 4.80. The average molecular weight is 358 g/mol. The molecule has 1 unspecified atom stereocenters. The normalized spacial score (nSPS) is 18.3. The van der Waals surface area contributed by atoms with Crippen molar-refractivity contribution in [3.63, 3.8) is 0 Å². The molecule has 1 amide bonds. The number of nitrogens with one attached hydrogen (secondary N) is 1. The maximum atomic E-state index is 12.4. The van der Waals surface area contributed by atoms with Gasteiger partial charge in [-0.25, -0.2) is 0 Å². The van der Waals surface area contributed by atoms with Gasteiger partial charge in [0.15, 0.2) is 0 Å². The number of amides is 1. The maximum absolute atomic E-state index is 12.4. The highest BCUT2D eigenvalue weighted by Crippen LogP contribution is 2.23. The number of morpholine rings is 1. The van der Waals surface area contributed by atoms with Crippen LogP contribution < -0.4 is 5.32 Å². The Morgan fingerprint density at radius 3 is 3.00 bits per heavy atom. The number of nitro benzene ring substituents is 1. The van der Waals surface area contributed by atoms with Gasteiger partial charge in [0.05, 0.1) is 23.2 Å². The molecule has 114 valence electrons. The van der Waals surface area contributed by atoms with Crippen LogP contribution in [0.5, 0.6) is 0 Å². The summed E-state index contributed by atoms with van der Waals surface area (Å²) in [6.45, 7) is 2.55. The molecule has 0 bridgehead atoms. The van der Waals surface area contributed by atoms with Crippen molar-refractivity contribution in [3.05, 3.63) is 38.3 Å². The van der Waals surface area contributed by atoms with Crippen LogP contribution in [0.1, 0.15) is 10.4 Å². The minimum atomic E-state index is -0.516. The van der Waals surface area contributed by atoms with Gasteiger partial charge in [-0.1, -0.05) is 0 Å². The van der Waals surface area contributed by atoms with E-state index in [9.17, 15) is 14.9 Å². The first-order valence-electron chi connectivity index (χ1n) is 6.50. The summed E-state index contributed by atoms with van der Waals surface area (Å²) in [7, 11) is 1.66. The summed E-state index contributed by atoms with van der Waals surface area (Å²) in [5.74, 6) is -0.278. The standard InChI is InChI=1S/C13H16BrN3O4/c1-16(8-10-7-15-4-5-21-10)13(18)11-6-9(17(19)20)2-3-12(11)14/h2-3,6,10,15H,4-5,7-8H2,1H3. The van der Waals surface area contributed by atoms with Crippen LogP contribution in [0.25, 0.3) is 0 Å². The van der Waals surface area contributed by atoms with Gasteiger partial charge in [0.1, 0.15) is 0 Å². The molecule has 0 aliphatic carbocycles. The van der Waals surface area contributed by atoms with E-state index in [0.29, 0.717) is 24.2 Å². The first-order valence-corrected chi connectivity index (χ1v) is 7.30. The monoisotopic (exact) mass is 357 g/mol. The lowest BCUT2D eigenvalue weighted by Crippen LogP contribution is -2.45. The number of likely N-dealkylation sites (N-methyl/N-ethyl adjacent to an activating group) is 1. The second-order valence-corrected chi connectivity index (χ2v) is 5.66. The second kappa shape index (κ2) is 6.97. The third-order valence-electron chi connectivity index (χ3n) is 3.22. The molecule has 0 radical (unpaired) electrons. The lowest BCUT2D eigenvalue weighted by Gasteiger charge is -2.28. The van der Waals surface area contributed by atoms with Gasteiger partial charge in [-0.3, -0.25) is 14.9 Å². The Morgan fingerprint density at radius 2 is 2.38 bits per heavy atom. The molecule has 2 rings (SSSR count). The molecule has 1 aliphatic heterocycles. The molecule has 7 nitrogen and oxygen atoms in total. The van der Waals surface area contributed by atoms with Crippen LogP contribution in [-0.4, -0.2) is 55.1 Å². The number of carbonyl (C=O) groups is 1. The summed E-state index contributed by atoms with van der Waals surface area (Å²) >= 11 is 3.26. The van der Waals surface area contributed by atoms with E-state index >= 15 is 0 Å². The number of halogens is 1. The number of carbonyl (C=O) groups excluding carboxylic acids is 1. The zero-order chi connectivity index (χ0) is 15.4. The van der Waals surface area contributed by atoms with Crippen LogP contribution in [0.15, 0.2) is 22.7 Å². The van der Waals surface area contributed by atoms with Crippen molar-refractivity contribution in [2.24, 2.45) is 0 Å². The van der Waals surface area contributed by atoms with E-state index in [1.165, 1.54) is 23.1 Å². The minimum Gasteiger partial charge on any atom is -0.374 e. The summed E-state index contributed by atoms with van der Waals surface area (Å²) in [5.41, 5.74) is 0.168. The zero-order valence-electron chi connectivity index (χ0n) is 11.5. The van der Waals surface area contributed by atoms with Crippen LogP contribution in [0, 0.1) is 10.1 Å². The summed E-state index contributed by atoms with van der Waals surface area (Å²) in [5, 5.41) is 14.0. The Labute approximate surface area is 130 Å². The lowest BCUT2D eigenvalue weighted by molar-refractivity contribution is -0.384. The molecule has 1 heterocycles. The van der Waals surface area contributed by atoms with Gasteiger partial charge in [0, 0.05) is 43.3 Å². The molecule has 1 aromatic carbocycles. The van der Waals surface area contributed by atoms with Gasteiger partial charge >= 0.3 is 0 Å². The molecule has 1 saturated heterocycles. The third kappa shape index (κ3) is 3.99. The maximum Gasteiger partial charge on any atom is 0.270 e. The molecular weight excluding hydrogens is 342 g/mol. The van der Waals surface area contributed by atoms with Gasteiger partial charge in [-0.2, -0.15) is 0 Å². The topological polar surface area (TPSA) is 84.7 Å². The van der Waals surface area contributed by atoms with Crippen LogP contribution in [0.3, 0.4) is 0 Å². The van der Waals surface area contributed by atoms with E-state index in [1.54, 1.807) is 7.05 Å². The Balaban J connectivity index is 2.10. The number of nitro groups is 1. The number of hydrogen-bond acceptors (Lipinski definition) is 5. The van der Waals surface area contributed by atoms with E-state index in [4.69, 9.17) is 4.74 Å². The Bertz CT molecular complexity index is 546. The first-order chi connectivity index (χ1) is 9.99. The van der Waals surface area contributed by atoms with Gasteiger partial charge in [0.2, 0.25) is 0 Å². The van der Waals surface area contributed by atoms with E-state index in [2.05, 4.69) is 21.2 Å². The van der Waals surface area contributed by atoms with Crippen molar-refractivity contribution < 1.29 is 14.5 Å². The fourth-order valence-electron chi connectivity index (χ4n) is 2.12. The van der Waals surface area contributed by atoms with Crippen molar-refractivity contribution in [1.82, 2.24) is 10.2 Å². The number of ether oxygens (including phenoxy) is 1. The highest BCUT2D eigenvalue weighted by Gasteiger charge is 2.22. The zero-order valence-corrected chi connectivity index (χ0v) is 13.1. The Kier molecular flexibility index (Phi) is 5.27. The van der Waals surface area contributed by atoms with Gasteiger partial charge in [0.25, 0.3) is 11.6 Å². The summed E-state index contributed by atoms with van der Waals surface area (Å²) in [6, 6.07) is 4.15. The summed E-state index contributed by atoms with van der Waals surface area (Å²) in [6.07, 6.45) is -0.0647. The largest absolute Gasteiger partial charge is 0.374 e. The van der Waals surface area contributed by atoms with Crippen molar-refractivity contribution in [2.45, 2.75) is 6.10 Å². The predicted molar refractivity (Wildman–Crippen MR) is 80.4 cm³/mol. The number of rotatable bonds is 4. The summed E-state index contributed by atoms with van der Waals surface area (Å²) in [4.78, 5) is 24.2. The molecule has 21 heavy (non-hydrogen) atoms. The Morgan fingerprint density at radius 1 is 1.62 bits per heavy atom. The van der Waals surface area contributed by atoms with Crippen LogP contribution in [-0.2, 0) is 4.74 Å². The molecule has 1 fully saturated rings. The first kappa shape index (κ1) is 15.9. The van der Waals surface area contributed by atoms with Crippen LogP contribution in [0.4, 0.5) is 5.69 Å². The van der Waals surface area contributed by atoms with Crippen LogP contribution in [0.2, 0.25) is 0 Å². The highest BCUT2D eigenvalue weighted by molar-refractivity contribution is 9.10. The minimum absolute atomic E-state index is 0.0647. The quantitative estimate of drug-likeness (QED) is 0.650. The van der Waals surface area contributed by atoms with Crippen molar-refractivity contribution in [1.29, 1.82) is 0 Å². The van der Waals surface area contributed by atoms with Gasteiger partial charge < -0.3 is 15.0 Å². The summed E-state index contributed by atoms with van der Waals surface area (Å²) < 4.78 is 6.09. The van der Waals surface area contributed by atoms with Crippen molar-refractivity contribution in [3.8, 4) is 0 Å². The van der Waals surface area contributed by atoms with E-state index in [1.807, 2.05) is 0 Å². The molecule has 1 N–H and O–H groups in total. The SMILES string of the molecule is CN(CC1CNCCO1)C(=O)c1cc([N+](=O)[O-])ccc1Br. The number of hydrogen-bond donors (Lipinski definition) is 1. The fourth-order valence-corrected chi connectivity index (χ4v) is 2.54. The molecule has 1 aromatic rings. The number of benzene rings is 1. The number of nitrogens with zero attached hydrogens (tertiary/aromatic N) is 2. The van der Waals surface area contributed by atoms with Crippen LogP contribution >= 0.6 is 15.9 Å².